The quantitative estimate of drug-likeness (QED) is 0.542. The zero-order valence-electron chi connectivity index (χ0n) is 18.8. The Labute approximate surface area is 189 Å². The summed E-state index contributed by atoms with van der Waals surface area (Å²) in [4.78, 5) is 18.6. The molecule has 2 atom stereocenters. The van der Waals surface area contributed by atoms with E-state index in [1.807, 2.05) is 12.1 Å². The van der Waals surface area contributed by atoms with Crippen LogP contribution < -0.4 is 10.1 Å². The Morgan fingerprint density at radius 2 is 2.06 bits per heavy atom. The topological polar surface area (TPSA) is 57.4 Å². The molecule has 0 aliphatic carbocycles. The van der Waals surface area contributed by atoms with Gasteiger partial charge in [0.1, 0.15) is 11.6 Å². The maximum Gasteiger partial charge on any atom is 0.224 e. The van der Waals surface area contributed by atoms with E-state index in [1.165, 1.54) is 23.1 Å². The zero-order chi connectivity index (χ0) is 22.5. The molecule has 1 aliphatic rings. The predicted molar refractivity (Wildman–Crippen MR) is 125 cm³/mol. The van der Waals surface area contributed by atoms with E-state index in [9.17, 15) is 9.18 Å². The van der Waals surface area contributed by atoms with Crippen molar-refractivity contribution in [2.75, 3.05) is 26.2 Å². The Morgan fingerprint density at radius 3 is 2.88 bits per heavy atom. The van der Waals surface area contributed by atoms with Gasteiger partial charge in [-0.1, -0.05) is 38.1 Å². The number of nitrogens with zero attached hydrogens (tertiary/aromatic N) is 1. The van der Waals surface area contributed by atoms with E-state index in [1.54, 1.807) is 12.1 Å². The SMILES string of the molecule is CC(C)CNC(=O)[C@@H]1C[C@H](COc2cccc(F)c2)CN(Cc2c[nH]c3ccccc23)C1. The summed E-state index contributed by atoms with van der Waals surface area (Å²) >= 11 is 0. The summed E-state index contributed by atoms with van der Waals surface area (Å²) < 4.78 is 19.4. The van der Waals surface area contributed by atoms with Crippen LogP contribution in [0.1, 0.15) is 25.8 Å². The Morgan fingerprint density at radius 1 is 1.22 bits per heavy atom. The largest absolute Gasteiger partial charge is 0.493 e. The molecular weight excluding hydrogens is 405 g/mol. The predicted octanol–water partition coefficient (Wildman–Crippen LogP) is 4.60. The number of aromatic nitrogens is 1. The molecule has 0 bridgehead atoms. The number of fused-ring (bicyclic) bond motifs is 1. The van der Waals surface area contributed by atoms with Crippen molar-refractivity contribution in [2.24, 2.45) is 17.8 Å². The number of hydrogen-bond acceptors (Lipinski definition) is 3. The monoisotopic (exact) mass is 437 g/mol. The third-order valence-electron chi connectivity index (χ3n) is 6.02. The first-order valence-electron chi connectivity index (χ1n) is 11.4. The minimum absolute atomic E-state index is 0.0891. The van der Waals surface area contributed by atoms with E-state index in [0.29, 0.717) is 24.8 Å². The fourth-order valence-electron chi connectivity index (χ4n) is 4.47. The maximum atomic E-state index is 13.5. The smallest absolute Gasteiger partial charge is 0.224 e. The van der Waals surface area contributed by atoms with Crippen molar-refractivity contribution >= 4 is 16.8 Å². The van der Waals surface area contributed by atoms with Gasteiger partial charge in [0.25, 0.3) is 0 Å². The van der Waals surface area contributed by atoms with Crippen LogP contribution in [0.3, 0.4) is 0 Å². The number of carbonyl (C=O) groups excluding carboxylic acids is 1. The lowest BCUT2D eigenvalue weighted by Crippen LogP contribution is -2.47. The molecule has 1 aliphatic heterocycles. The number of halogens is 1. The van der Waals surface area contributed by atoms with Gasteiger partial charge in [-0.05, 0) is 36.1 Å². The molecule has 1 aromatic heterocycles. The highest BCUT2D eigenvalue weighted by molar-refractivity contribution is 5.83. The van der Waals surface area contributed by atoms with Gasteiger partial charge in [0, 0.05) is 55.3 Å². The number of para-hydroxylation sites is 1. The third kappa shape index (κ3) is 5.68. The van der Waals surface area contributed by atoms with Crippen LogP contribution >= 0.6 is 0 Å². The molecular formula is C26H32FN3O2. The Kier molecular flexibility index (Phi) is 7.10. The summed E-state index contributed by atoms with van der Waals surface area (Å²) in [7, 11) is 0. The van der Waals surface area contributed by atoms with Gasteiger partial charge >= 0.3 is 0 Å². The van der Waals surface area contributed by atoms with Crippen LogP contribution in [0.5, 0.6) is 5.75 Å². The summed E-state index contributed by atoms with van der Waals surface area (Å²) in [6, 6.07) is 14.5. The number of aromatic amines is 1. The van der Waals surface area contributed by atoms with Crippen molar-refractivity contribution < 1.29 is 13.9 Å². The number of ether oxygens (including phenoxy) is 1. The second-order valence-electron chi connectivity index (χ2n) is 9.26. The van der Waals surface area contributed by atoms with Crippen molar-refractivity contribution in [1.82, 2.24) is 15.2 Å². The van der Waals surface area contributed by atoms with Crippen molar-refractivity contribution in [3.8, 4) is 5.75 Å². The van der Waals surface area contributed by atoms with Gasteiger partial charge in [0.2, 0.25) is 5.91 Å². The molecule has 32 heavy (non-hydrogen) atoms. The second kappa shape index (κ2) is 10.2. The number of benzene rings is 2. The minimum Gasteiger partial charge on any atom is -0.493 e. The standard InChI is InChI=1S/C26H32FN3O2/c1-18(2)12-29-26(31)20-10-19(17-32-23-7-5-6-22(27)11-23)14-30(15-20)16-21-13-28-25-9-4-3-8-24(21)25/h3-9,11,13,18-20,28H,10,12,14-17H2,1-2H3,(H,29,31)/t19-,20+/m0/s1. The van der Waals surface area contributed by atoms with Crippen molar-refractivity contribution in [3.63, 3.8) is 0 Å². The van der Waals surface area contributed by atoms with Gasteiger partial charge in [-0.2, -0.15) is 0 Å². The Hall–Kier alpha value is -2.86. The first-order chi connectivity index (χ1) is 15.5. The molecule has 4 rings (SSSR count). The lowest BCUT2D eigenvalue weighted by molar-refractivity contribution is -0.128. The molecule has 1 saturated heterocycles. The maximum absolute atomic E-state index is 13.5. The summed E-state index contributed by atoms with van der Waals surface area (Å²) in [6.07, 6.45) is 2.83. The number of nitrogens with one attached hydrogen (secondary N) is 2. The van der Waals surface area contributed by atoms with E-state index < -0.39 is 0 Å². The molecule has 170 valence electrons. The molecule has 1 amide bonds. The van der Waals surface area contributed by atoms with Gasteiger partial charge in [-0.3, -0.25) is 9.69 Å². The number of rotatable bonds is 8. The van der Waals surface area contributed by atoms with Gasteiger partial charge in [0.05, 0.1) is 12.5 Å². The van der Waals surface area contributed by atoms with Crippen LogP contribution in [0.25, 0.3) is 10.9 Å². The van der Waals surface area contributed by atoms with Gasteiger partial charge in [0.15, 0.2) is 0 Å². The van der Waals surface area contributed by atoms with Crippen LogP contribution in [0.2, 0.25) is 0 Å². The van der Waals surface area contributed by atoms with E-state index in [-0.39, 0.29) is 23.6 Å². The lowest BCUT2D eigenvalue weighted by Gasteiger charge is -2.37. The van der Waals surface area contributed by atoms with Crippen LogP contribution in [0, 0.1) is 23.6 Å². The molecule has 0 radical (unpaired) electrons. The molecule has 1 fully saturated rings. The van der Waals surface area contributed by atoms with Crippen LogP contribution in [-0.2, 0) is 11.3 Å². The molecule has 3 aromatic rings. The van der Waals surface area contributed by atoms with Crippen molar-refractivity contribution in [2.45, 2.75) is 26.8 Å². The second-order valence-corrected chi connectivity index (χ2v) is 9.26. The summed E-state index contributed by atoms with van der Waals surface area (Å²) in [6.45, 7) is 7.67. The van der Waals surface area contributed by atoms with E-state index >= 15 is 0 Å². The zero-order valence-corrected chi connectivity index (χ0v) is 18.8. The third-order valence-corrected chi connectivity index (χ3v) is 6.02. The van der Waals surface area contributed by atoms with Gasteiger partial charge in [-0.15, -0.1) is 0 Å². The molecule has 0 spiro atoms. The number of amides is 1. The van der Waals surface area contributed by atoms with Gasteiger partial charge < -0.3 is 15.0 Å². The van der Waals surface area contributed by atoms with E-state index in [4.69, 9.17) is 4.74 Å². The normalized spacial score (nSPS) is 19.4. The molecule has 6 heteroatoms. The fourth-order valence-corrected chi connectivity index (χ4v) is 4.47. The Bertz CT molecular complexity index is 1050. The van der Waals surface area contributed by atoms with E-state index in [0.717, 1.165) is 31.6 Å². The summed E-state index contributed by atoms with van der Waals surface area (Å²) in [5.74, 6) is 0.841. The summed E-state index contributed by atoms with van der Waals surface area (Å²) in [5, 5.41) is 4.31. The number of piperidine rings is 1. The number of carbonyl (C=O) groups is 1. The van der Waals surface area contributed by atoms with Crippen LogP contribution in [0.4, 0.5) is 4.39 Å². The molecule has 2 N–H and O–H groups in total. The average Bonchev–Trinajstić information content (AvgIpc) is 3.19. The fraction of sp³-hybridized carbons (Fsp3) is 0.423. The highest BCUT2D eigenvalue weighted by atomic mass is 19.1. The lowest BCUT2D eigenvalue weighted by atomic mass is 9.88. The highest BCUT2D eigenvalue weighted by Crippen LogP contribution is 2.27. The molecule has 2 heterocycles. The number of likely N-dealkylation sites (tertiary alicyclic amines) is 1. The first-order valence-corrected chi connectivity index (χ1v) is 11.4. The first kappa shape index (κ1) is 22.3. The average molecular weight is 438 g/mol. The molecule has 0 unspecified atom stereocenters. The molecule has 0 saturated carbocycles. The van der Waals surface area contributed by atoms with Gasteiger partial charge in [-0.25, -0.2) is 4.39 Å². The number of H-pyrrole nitrogens is 1. The van der Waals surface area contributed by atoms with E-state index in [2.05, 4.69) is 47.4 Å². The summed E-state index contributed by atoms with van der Waals surface area (Å²) in [5.41, 5.74) is 2.35. The van der Waals surface area contributed by atoms with Crippen LogP contribution in [0.15, 0.2) is 54.7 Å². The Balaban J connectivity index is 1.46. The van der Waals surface area contributed by atoms with Crippen LogP contribution in [-0.4, -0.2) is 42.0 Å². The van der Waals surface area contributed by atoms with Crippen molar-refractivity contribution in [1.29, 1.82) is 0 Å². The molecule has 2 aromatic carbocycles. The van der Waals surface area contributed by atoms with Crippen molar-refractivity contribution in [3.05, 3.63) is 66.1 Å². The number of hydrogen-bond donors (Lipinski definition) is 2. The molecule has 5 nitrogen and oxygen atoms in total. The highest BCUT2D eigenvalue weighted by Gasteiger charge is 2.32. The minimum atomic E-state index is -0.307.